The number of anilines is 1. The second-order valence-corrected chi connectivity index (χ2v) is 7.46. The highest BCUT2D eigenvalue weighted by atomic mass is 19.1. The van der Waals surface area contributed by atoms with Crippen LogP contribution in [0.25, 0.3) is 0 Å². The third-order valence-corrected chi connectivity index (χ3v) is 5.34. The number of halogens is 1. The lowest BCUT2D eigenvalue weighted by molar-refractivity contribution is 0.0949. The van der Waals surface area contributed by atoms with Crippen molar-refractivity contribution in [1.82, 2.24) is 5.43 Å². The number of carbonyl (C=O) groups excluding carboxylic acids is 2. The van der Waals surface area contributed by atoms with Gasteiger partial charge in [0, 0.05) is 23.2 Å². The first-order valence-electron chi connectivity index (χ1n) is 10.1. The molecule has 31 heavy (non-hydrogen) atoms. The molecule has 2 N–H and O–H groups in total. The quantitative estimate of drug-likeness (QED) is 0.598. The molecule has 0 atom stereocenters. The van der Waals surface area contributed by atoms with Gasteiger partial charge in [-0.2, -0.15) is 5.10 Å². The summed E-state index contributed by atoms with van der Waals surface area (Å²) in [5.41, 5.74) is 6.02. The van der Waals surface area contributed by atoms with Crippen LogP contribution in [0.3, 0.4) is 0 Å². The Morgan fingerprint density at radius 2 is 1.74 bits per heavy atom. The molecule has 1 aliphatic carbocycles. The van der Waals surface area contributed by atoms with Gasteiger partial charge in [-0.1, -0.05) is 30.3 Å². The lowest BCUT2D eigenvalue weighted by Gasteiger charge is -2.13. The minimum Gasteiger partial charge on any atom is -0.455 e. The lowest BCUT2D eigenvalue weighted by atomic mass is 9.93. The molecule has 0 unspecified atom stereocenters. The van der Waals surface area contributed by atoms with Gasteiger partial charge in [0.25, 0.3) is 11.8 Å². The van der Waals surface area contributed by atoms with E-state index in [4.69, 9.17) is 4.42 Å². The summed E-state index contributed by atoms with van der Waals surface area (Å²) < 4.78 is 19.7. The summed E-state index contributed by atoms with van der Waals surface area (Å²) >= 11 is 0. The normalized spacial score (nSPS) is 14.2. The molecule has 2 amide bonds. The Balaban J connectivity index is 1.59. The highest BCUT2D eigenvalue weighted by Crippen LogP contribution is 2.30. The standard InChI is InChI=1S/C24H22FN3O3/c1-14-8-3-6-11-18(14)26-24(30)22-15(2)21-19(12-7-13-20(21)31-22)27-28-23(29)16-9-4-5-10-17(16)25/h3-6,8-11H,7,12-13H2,1-2H3,(H,26,30)(H,28,29)/b27-19+. The van der Waals surface area contributed by atoms with Gasteiger partial charge in [0.05, 0.1) is 11.3 Å². The van der Waals surface area contributed by atoms with E-state index in [0.717, 1.165) is 17.5 Å². The molecule has 0 radical (unpaired) electrons. The number of fused-ring (bicyclic) bond motifs is 1. The maximum atomic E-state index is 13.8. The van der Waals surface area contributed by atoms with E-state index in [1.54, 1.807) is 13.0 Å². The van der Waals surface area contributed by atoms with Gasteiger partial charge in [0.15, 0.2) is 5.76 Å². The van der Waals surface area contributed by atoms with Gasteiger partial charge >= 0.3 is 0 Å². The second kappa shape index (κ2) is 8.55. The topological polar surface area (TPSA) is 83.7 Å². The number of benzene rings is 2. The largest absolute Gasteiger partial charge is 0.455 e. The molecular weight excluding hydrogens is 397 g/mol. The summed E-state index contributed by atoms with van der Waals surface area (Å²) in [6.45, 7) is 3.72. The Hall–Kier alpha value is -3.74. The van der Waals surface area contributed by atoms with E-state index in [1.165, 1.54) is 18.2 Å². The van der Waals surface area contributed by atoms with E-state index in [0.29, 0.717) is 35.6 Å². The molecule has 4 rings (SSSR count). The molecule has 0 aliphatic heterocycles. The van der Waals surface area contributed by atoms with Crippen LogP contribution < -0.4 is 10.7 Å². The Morgan fingerprint density at radius 3 is 2.52 bits per heavy atom. The smallest absolute Gasteiger partial charge is 0.291 e. The molecule has 0 fully saturated rings. The SMILES string of the molecule is Cc1ccccc1NC(=O)c1oc2c(c1C)/C(=N/NC(=O)c1ccccc1F)CCC2. The van der Waals surface area contributed by atoms with Crippen molar-refractivity contribution in [2.24, 2.45) is 5.10 Å². The van der Waals surface area contributed by atoms with E-state index >= 15 is 0 Å². The van der Waals surface area contributed by atoms with Crippen molar-refractivity contribution in [2.45, 2.75) is 33.1 Å². The average molecular weight is 419 g/mol. The van der Waals surface area contributed by atoms with Crippen LogP contribution in [0.4, 0.5) is 10.1 Å². The highest BCUT2D eigenvalue weighted by Gasteiger charge is 2.28. The fourth-order valence-electron chi connectivity index (χ4n) is 3.71. The van der Waals surface area contributed by atoms with Crippen molar-refractivity contribution < 1.29 is 18.4 Å². The number of hydrogen-bond donors (Lipinski definition) is 2. The Bertz CT molecular complexity index is 1200. The number of hydrazone groups is 1. The van der Waals surface area contributed by atoms with Crippen molar-refractivity contribution in [3.05, 3.63) is 88.1 Å². The molecule has 7 heteroatoms. The molecule has 6 nitrogen and oxygen atoms in total. The number of nitrogens with zero attached hydrogens (tertiary/aromatic N) is 1. The molecule has 2 aromatic carbocycles. The van der Waals surface area contributed by atoms with Gasteiger partial charge in [-0.15, -0.1) is 0 Å². The van der Waals surface area contributed by atoms with Crippen LogP contribution in [0.15, 0.2) is 58.0 Å². The van der Waals surface area contributed by atoms with E-state index in [-0.39, 0.29) is 17.2 Å². The van der Waals surface area contributed by atoms with Gasteiger partial charge in [-0.3, -0.25) is 9.59 Å². The lowest BCUT2D eigenvalue weighted by Crippen LogP contribution is -2.23. The third kappa shape index (κ3) is 4.12. The number of rotatable bonds is 4. The summed E-state index contributed by atoms with van der Waals surface area (Å²) in [7, 11) is 0. The van der Waals surface area contributed by atoms with Crippen LogP contribution in [0.2, 0.25) is 0 Å². The van der Waals surface area contributed by atoms with Gasteiger partial charge in [0.2, 0.25) is 0 Å². The van der Waals surface area contributed by atoms with Crippen LogP contribution in [0.5, 0.6) is 0 Å². The van der Waals surface area contributed by atoms with E-state index in [2.05, 4.69) is 15.8 Å². The zero-order chi connectivity index (χ0) is 22.0. The molecule has 1 aromatic heterocycles. The fourth-order valence-corrected chi connectivity index (χ4v) is 3.71. The molecular formula is C24H22FN3O3. The first-order valence-corrected chi connectivity index (χ1v) is 10.1. The number of amides is 2. The summed E-state index contributed by atoms with van der Waals surface area (Å²) in [5, 5.41) is 7.12. The Morgan fingerprint density at radius 1 is 1.00 bits per heavy atom. The first-order chi connectivity index (χ1) is 15.0. The van der Waals surface area contributed by atoms with Gasteiger partial charge in [-0.25, -0.2) is 9.82 Å². The van der Waals surface area contributed by atoms with Crippen molar-refractivity contribution in [1.29, 1.82) is 0 Å². The van der Waals surface area contributed by atoms with Crippen LogP contribution in [0.1, 0.15) is 56.2 Å². The highest BCUT2D eigenvalue weighted by molar-refractivity contribution is 6.09. The number of carbonyl (C=O) groups is 2. The number of hydrogen-bond acceptors (Lipinski definition) is 4. The zero-order valence-corrected chi connectivity index (χ0v) is 17.3. The van der Waals surface area contributed by atoms with Crippen LogP contribution in [0, 0.1) is 19.7 Å². The zero-order valence-electron chi connectivity index (χ0n) is 17.3. The van der Waals surface area contributed by atoms with Crippen molar-refractivity contribution in [3.63, 3.8) is 0 Å². The third-order valence-electron chi connectivity index (χ3n) is 5.34. The first kappa shape index (κ1) is 20.5. The molecule has 3 aromatic rings. The Labute approximate surface area is 179 Å². The number of furan rings is 1. The predicted molar refractivity (Wildman–Crippen MR) is 116 cm³/mol. The van der Waals surface area contributed by atoms with E-state index < -0.39 is 11.7 Å². The average Bonchev–Trinajstić information content (AvgIpc) is 3.11. The molecule has 158 valence electrons. The second-order valence-electron chi connectivity index (χ2n) is 7.46. The summed E-state index contributed by atoms with van der Waals surface area (Å²) in [4.78, 5) is 25.2. The number of aryl methyl sites for hydroxylation is 2. The van der Waals surface area contributed by atoms with Crippen LogP contribution >= 0.6 is 0 Å². The van der Waals surface area contributed by atoms with Gasteiger partial charge in [-0.05, 0) is 50.5 Å². The number of nitrogens with one attached hydrogen (secondary N) is 2. The van der Waals surface area contributed by atoms with Gasteiger partial charge in [0.1, 0.15) is 11.6 Å². The predicted octanol–water partition coefficient (Wildman–Crippen LogP) is 4.76. The molecule has 1 heterocycles. The maximum absolute atomic E-state index is 13.8. The minimum absolute atomic E-state index is 0.0786. The summed E-state index contributed by atoms with van der Waals surface area (Å²) in [6.07, 6.45) is 2.06. The van der Waals surface area contributed by atoms with Crippen molar-refractivity contribution in [2.75, 3.05) is 5.32 Å². The molecule has 0 spiro atoms. The van der Waals surface area contributed by atoms with Crippen molar-refractivity contribution >= 4 is 23.2 Å². The van der Waals surface area contributed by atoms with E-state index in [1.807, 2.05) is 31.2 Å². The Kier molecular flexibility index (Phi) is 5.66. The monoisotopic (exact) mass is 419 g/mol. The minimum atomic E-state index is -0.628. The van der Waals surface area contributed by atoms with Gasteiger partial charge < -0.3 is 9.73 Å². The maximum Gasteiger partial charge on any atom is 0.291 e. The summed E-state index contributed by atoms with van der Waals surface area (Å²) in [5.74, 6) is -0.688. The molecule has 0 saturated carbocycles. The molecule has 1 aliphatic rings. The molecule has 0 bridgehead atoms. The summed E-state index contributed by atoms with van der Waals surface area (Å²) in [6, 6.07) is 13.2. The van der Waals surface area contributed by atoms with Crippen LogP contribution in [-0.2, 0) is 6.42 Å². The number of para-hydroxylation sites is 1. The van der Waals surface area contributed by atoms with Crippen LogP contribution in [-0.4, -0.2) is 17.5 Å². The van der Waals surface area contributed by atoms with Crippen molar-refractivity contribution in [3.8, 4) is 0 Å². The van der Waals surface area contributed by atoms with E-state index in [9.17, 15) is 14.0 Å². The fraction of sp³-hybridized carbons (Fsp3) is 0.208. The molecule has 0 saturated heterocycles.